The summed E-state index contributed by atoms with van der Waals surface area (Å²) in [4.78, 5) is 28.1. The van der Waals surface area contributed by atoms with Gasteiger partial charge >= 0.3 is 0 Å². The Balaban J connectivity index is 1.70. The molecule has 0 bridgehead atoms. The Morgan fingerprint density at radius 3 is 2.36 bits per heavy atom. The molecule has 0 fully saturated rings. The molecule has 1 unspecified atom stereocenters. The van der Waals surface area contributed by atoms with Crippen molar-refractivity contribution < 1.29 is 29.3 Å². The number of benzene rings is 3. The molecule has 7 nitrogen and oxygen atoms in total. The Labute approximate surface area is 210 Å². The molecule has 1 aliphatic rings. The molecule has 1 amide bonds. The molecule has 4 rings (SSSR count). The van der Waals surface area contributed by atoms with Gasteiger partial charge < -0.3 is 24.6 Å². The number of hydrogen-bond donors (Lipinski definition) is 2. The van der Waals surface area contributed by atoms with E-state index < -0.39 is 17.7 Å². The van der Waals surface area contributed by atoms with Crippen LogP contribution in [0.5, 0.6) is 17.2 Å². The Hall–Kier alpha value is -4.26. The summed E-state index contributed by atoms with van der Waals surface area (Å²) in [5.41, 5.74) is 2.41. The summed E-state index contributed by atoms with van der Waals surface area (Å²) in [6.45, 7) is 2.30. The van der Waals surface area contributed by atoms with Crippen LogP contribution in [0.15, 0.2) is 84.1 Å². The zero-order valence-electron chi connectivity index (χ0n) is 20.3. The number of carbonyl (C=O) groups excluding carboxylic acids is 2. The molecule has 186 valence electrons. The van der Waals surface area contributed by atoms with Gasteiger partial charge in [-0.1, -0.05) is 48.5 Å². The largest absolute Gasteiger partial charge is 0.504 e. The van der Waals surface area contributed by atoms with Crippen molar-refractivity contribution in [3.05, 3.63) is 101 Å². The van der Waals surface area contributed by atoms with Gasteiger partial charge in [-0.2, -0.15) is 0 Å². The third kappa shape index (κ3) is 5.20. The lowest BCUT2D eigenvalue weighted by molar-refractivity contribution is -0.130. The minimum Gasteiger partial charge on any atom is -0.504 e. The van der Waals surface area contributed by atoms with Crippen molar-refractivity contribution in [2.75, 3.05) is 13.7 Å². The quantitative estimate of drug-likeness (QED) is 0.422. The number of methoxy groups -OCH3 is 1. The average Bonchev–Trinajstić information content (AvgIpc) is 3.15. The average molecular weight is 488 g/mol. The second-order valence-corrected chi connectivity index (χ2v) is 8.51. The molecule has 3 aromatic carbocycles. The highest BCUT2D eigenvalue weighted by Gasteiger charge is 2.43. The van der Waals surface area contributed by atoms with E-state index in [1.54, 1.807) is 38.3 Å². The first-order chi connectivity index (χ1) is 17.4. The number of rotatable bonds is 10. The van der Waals surface area contributed by atoms with Gasteiger partial charge in [-0.25, -0.2) is 0 Å². The number of aliphatic hydroxyl groups excluding tert-OH is 1. The van der Waals surface area contributed by atoms with Crippen molar-refractivity contribution in [2.45, 2.75) is 32.4 Å². The maximum absolute atomic E-state index is 13.4. The summed E-state index contributed by atoms with van der Waals surface area (Å²) in [5, 5.41) is 21.1. The number of phenolic OH excluding ortho intramolecular Hbond substituents is 1. The lowest BCUT2D eigenvalue weighted by atomic mass is 9.92. The van der Waals surface area contributed by atoms with Crippen LogP contribution in [0.25, 0.3) is 0 Å². The smallest absolute Gasteiger partial charge is 0.290 e. The van der Waals surface area contributed by atoms with E-state index in [2.05, 4.69) is 0 Å². The van der Waals surface area contributed by atoms with Gasteiger partial charge in [0, 0.05) is 13.0 Å². The van der Waals surface area contributed by atoms with E-state index in [9.17, 15) is 19.8 Å². The zero-order chi connectivity index (χ0) is 25.7. The zero-order valence-corrected chi connectivity index (χ0v) is 20.3. The second kappa shape index (κ2) is 11.0. The SMILES string of the molecule is CCOc1cc(C2C(C(=O)CCc3ccccc3)=C(O)C(=O)N2Cc2ccc(OC)cc2)ccc1O. The van der Waals surface area contributed by atoms with Crippen LogP contribution in [-0.2, 0) is 22.6 Å². The molecule has 3 aromatic rings. The first-order valence-electron chi connectivity index (χ1n) is 11.8. The minimum atomic E-state index is -0.831. The van der Waals surface area contributed by atoms with Crippen LogP contribution in [0.3, 0.4) is 0 Å². The first-order valence-corrected chi connectivity index (χ1v) is 11.8. The van der Waals surface area contributed by atoms with Crippen LogP contribution < -0.4 is 9.47 Å². The number of nitrogens with zero attached hydrogens (tertiary/aromatic N) is 1. The van der Waals surface area contributed by atoms with Crippen molar-refractivity contribution >= 4 is 11.7 Å². The van der Waals surface area contributed by atoms with Gasteiger partial charge in [-0.05, 0) is 54.3 Å². The van der Waals surface area contributed by atoms with Crippen LogP contribution in [0.4, 0.5) is 0 Å². The lowest BCUT2D eigenvalue weighted by Gasteiger charge is -2.27. The molecule has 0 radical (unpaired) electrons. The Bertz CT molecular complexity index is 1270. The number of phenols is 1. The Morgan fingerprint density at radius 1 is 0.972 bits per heavy atom. The number of aliphatic hydroxyl groups is 1. The van der Waals surface area contributed by atoms with E-state index in [4.69, 9.17) is 9.47 Å². The predicted molar refractivity (Wildman–Crippen MR) is 135 cm³/mol. The molecular weight excluding hydrogens is 458 g/mol. The number of ketones is 1. The van der Waals surface area contributed by atoms with Gasteiger partial charge in [0.05, 0.1) is 25.3 Å². The highest BCUT2D eigenvalue weighted by molar-refractivity contribution is 6.09. The highest BCUT2D eigenvalue weighted by Crippen LogP contribution is 2.42. The van der Waals surface area contributed by atoms with E-state index in [1.165, 1.54) is 11.0 Å². The first kappa shape index (κ1) is 24.9. The molecule has 1 atom stereocenters. The summed E-state index contributed by atoms with van der Waals surface area (Å²) in [6, 6.07) is 20.7. The van der Waals surface area contributed by atoms with Crippen LogP contribution in [0.1, 0.15) is 36.1 Å². The molecular formula is C29H29NO6. The molecule has 36 heavy (non-hydrogen) atoms. The van der Waals surface area contributed by atoms with E-state index in [-0.39, 0.29) is 35.8 Å². The monoisotopic (exact) mass is 487 g/mol. The van der Waals surface area contributed by atoms with Crippen LogP contribution in [0.2, 0.25) is 0 Å². The van der Waals surface area contributed by atoms with E-state index in [1.807, 2.05) is 42.5 Å². The van der Waals surface area contributed by atoms with Crippen LogP contribution >= 0.6 is 0 Å². The van der Waals surface area contributed by atoms with Crippen molar-refractivity contribution in [1.82, 2.24) is 4.90 Å². The van der Waals surface area contributed by atoms with Gasteiger partial charge in [0.15, 0.2) is 23.0 Å². The summed E-state index contributed by atoms with van der Waals surface area (Å²) < 4.78 is 10.8. The summed E-state index contributed by atoms with van der Waals surface area (Å²) in [5.74, 6) is -0.590. The molecule has 0 aliphatic carbocycles. The normalized spacial score (nSPS) is 15.3. The molecule has 1 aliphatic heterocycles. The van der Waals surface area contributed by atoms with Crippen molar-refractivity contribution in [2.24, 2.45) is 0 Å². The van der Waals surface area contributed by atoms with Crippen molar-refractivity contribution in [3.8, 4) is 17.2 Å². The van der Waals surface area contributed by atoms with Gasteiger partial charge in [0.25, 0.3) is 5.91 Å². The van der Waals surface area contributed by atoms with Gasteiger partial charge in [0.2, 0.25) is 0 Å². The number of aromatic hydroxyl groups is 1. The minimum absolute atomic E-state index is 0.0446. The molecule has 2 N–H and O–H groups in total. The Kier molecular flexibility index (Phi) is 7.59. The van der Waals surface area contributed by atoms with Crippen molar-refractivity contribution in [1.29, 1.82) is 0 Å². The fourth-order valence-corrected chi connectivity index (χ4v) is 4.38. The third-order valence-corrected chi connectivity index (χ3v) is 6.20. The van der Waals surface area contributed by atoms with E-state index in [0.29, 0.717) is 24.3 Å². The van der Waals surface area contributed by atoms with Gasteiger partial charge in [-0.3, -0.25) is 9.59 Å². The molecule has 1 heterocycles. The number of Topliss-reactive ketones (excluding diaryl/α,β-unsaturated/α-hetero) is 1. The number of carbonyl (C=O) groups is 2. The van der Waals surface area contributed by atoms with Gasteiger partial charge in [0.1, 0.15) is 5.75 Å². The predicted octanol–water partition coefficient (Wildman–Crippen LogP) is 4.90. The number of hydrogen-bond acceptors (Lipinski definition) is 6. The fourth-order valence-electron chi connectivity index (χ4n) is 4.38. The maximum atomic E-state index is 13.4. The number of amides is 1. The summed E-state index contributed by atoms with van der Waals surface area (Å²) >= 11 is 0. The van der Waals surface area contributed by atoms with Crippen LogP contribution in [-0.4, -0.2) is 40.5 Å². The number of aryl methyl sites for hydroxylation is 1. The summed E-state index contributed by atoms with van der Waals surface area (Å²) in [7, 11) is 1.57. The highest BCUT2D eigenvalue weighted by atomic mass is 16.5. The van der Waals surface area contributed by atoms with Crippen LogP contribution in [0, 0.1) is 0 Å². The summed E-state index contributed by atoms with van der Waals surface area (Å²) in [6.07, 6.45) is 0.621. The molecule has 0 saturated heterocycles. The third-order valence-electron chi connectivity index (χ3n) is 6.20. The molecule has 0 saturated carbocycles. The molecule has 0 spiro atoms. The van der Waals surface area contributed by atoms with Crippen molar-refractivity contribution in [3.63, 3.8) is 0 Å². The fraction of sp³-hybridized carbons (Fsp3) is 0.241. The standard InChI is InChI=1S/C29H29NO6/c1-3-36-25-17-21(12-16-23(25)31)27-26(24(32)15-11-19-7-5-4-6-8-19)28(33)29(34)30(27)18-20-9-13-22(35-2)14-10-20/h4-10,12-14,16-17,27,31,33H,3,11,15,18H2,1-2H3. The van der Waals surface area contributed by atoms with E-state index in [0.717, 1.165) is 11.1 Å². The molecule has 7 heteroatoms. The number of ether oxygens (including phenoxy) is 2. The lowest BCUT2D eigenvalue weighted by Crippen LogP contribution is -2.30. The van der Waals surface area contributed by atoms with E-state index >= 15 is 0 Å². The topological polar surface area (TPSA) is 96.3 Å². The molecule has 0 aromatic heterocycles. The van der Waals surface area contributed by atoms with Gasteiger partial charge in [-0.15, -0.1) is 0 Å². The Morgan fingerprint density at radius 2 is 1.69 bits per heavy atom. The second-order valence-electron chi connectivity index (χ2n) is 8.51. The maximum Gasteiger partial charge on any atom is 0.290 e.